The van der Waals surface area contributed by atoms with E-state index in [1.807, 2.05) is 0 Å². The van der Waals surface area contributed by atoms with Gasteiger partial charge < -0.3 is 0 Å². The average molecular weight is 180 g/mol. The number of hydrogen-bond acceptors (Lipinski definition) is 1. The highest BCUT2D eigenvalue weighted by molar-refractivity contribution is 7.81. The van der Waals surface area contributed by atoms with Crippen LogP contribution in [0.25, 0.3) is 0 Å². The van der Waals surface area contributed by atoms with E-state index in [2.05, 4.69) is 12.6 Å². The average Bonchev–Trinajstić information content (AvgIpc) is 1.84. The van der Waals surface area contributed by atoms with Gasteiger partial charge in [-0.2, -0.15) is 12.6 Å². The van der Waals surface area contributed by atoms with Gasteiger partial charge in [-0.1, -0.05) is 26.8 Å². The fourth-order valence-electron chi connectivity index (χ4n) is 0.460. The van der Waals surface area contributed by atoms with Crippen LogP contribution in [0.1, 0.15) is 20.8 Å². The smallest absolute Gasteiger partial charge is 0.202 e. The molecule has 0 fully saturated rings. The van der Waals surface area contributed by atoms with Crippen molar-refractivity contribution in [3.8, 4) is 0 Å². The minimum absolute atomic E-state index is 0.111. The monoisotopic (exact) mass is 180 g/mol. The van der Waals surface area contributed by atoms with Gasteiger partial charge in [0.2, 0.25) is 0 Å². The summed E-state index contributed by atoms with van der Waals surface area (Å²) >= 11 is 3.96. The lowest BCUT2D eigenvalue weighted by atomic mass is 10.1. The molecular formula is C8H14F2S. The van der Waals surface area contributed by atoms with Crippen molar-refractivity contribution in [2.24, 2.45) is 5.92 Å². The van der Waals surface area contributed by atoms with Crippen LogP contribution >= 0.6 is 12.6 Å². The number of rotatable bonds is 3. The van der Waals surface area contributed by atoms with Crippen LogP contribution in [0.3, 0.4) is 0 Å². The van der Waals surface area contributed by atoms with Gasteiger partial charge in [0.1, 0.15) is 0 Å². The first-order valence-corrected chi connectivity index (χ1v) is 4.13. The van der Waals surface area contributed by atoms with Crippen molar-refractivity contribution >= 4 is 12.6 Å². The first-order valence-electron chi connectivity index (χ1n) is 3.61. The standard InChI is InChI=1S/C8H14F2S/c1-6(2)8(9,10)5-4-7(3)11/h4-7,11H,1-3H3. The molecule has 0 bridgehead atoms. The molecule has 1 unspecified atom stereocenters. The second-order valence-corrected chi connectivity index (χ2v) is 3.74. The Morgan fingerprint density at radius 1 is 1.27 bits per heavy atom. The third-order valence-corrected chi connectivity index (χ3v) is 1.54. The zero-order valence-electron chi connectivity index (χ0n) is 7.01. The van der Waals surface area contributed by atoms with Crippen LogP contribution in [0.4, 0.5) is 8.78 Å². The summed E-state index contributed by atoms with van der Waals surface area (Å²) in [6, 6.07) is 0. The molecule has 0 amide bonds. The van der Waals surface area contributed by atoms with E-state index in [1.165, 1.54) is 19.9 Å². The molecule has 1 atom stereocenters. The number of halogens is 2. The second-order valence-electron chi connectivity index (χ2n) is 2.93. The number of hydrogen-bond donors (Lipinski definition) is 1. The van der Waals surface area contributed by atoms with Crippen LogP contribution in [0, 0.1) is 5.92 Å². The lowest BCUT2D eigenvalue weighted by Gasteiger charge is -2.15. The molecule has 11 heavy (non-hydrogen) atoms. The molecule has 66 valence electrons. The SMILES string of the molecule is CC(S)C=CC(F)(F)C(C)C. The van der Waals surface area contributed by atoms with Crippen molar-refractivity contribution in [1.29, 1.82) is 0 Å². The van der Waals surface area contributed by atoms with Crippen molar-refractivity contribution < 1.29 is 8.78 Å². The topological polar surface area (TPSA) is 0 Å². The molecule has 0 aromatic carbocycles. The Bertz CT molecular complexity index is 139. The van der Waals surface area contributed by atoms with E-state index in [0.29, 0.717) is 0 Å². The van der Waals surface area contributed by atoms with Crippen molar-refractivity contribution in [3.05, 3.63) is 12.2 Å². The van der Waals surface area contributed by atoms with E-state index in [0.717, 1.165) is 6.08 Å². The fourth-order valence-corrected chi connectivity index (χ4v) is 0.546. The normalized spacial score (nSPS) is 16.3. The summed E-state index contributed by atoms with van der Waals surface area (Å²) < 4.78 is 25.6. The van der Waals surface area contributed by atoms with Crippen LogP contribution in [0.5, 0.6) is 0 Å². The molecule has 0 spiro atoms. The van der Waals surface area contributed by atoms with E-state index >= 15 is 0 Å². The van der Waals surface area contributed by atoms with Gasteiger partial charge in [0.05, 0.1) is 0 Å². The van der Waals surface area contributed by atoms with Crippen LogP contribution < -0.4 is 0 Å². The zero-order valence-corrected chi connectivity index (χ0v) is 7.91. The van der Waals surface area contributed by atoms with E-state index in [1.54, 1.807) is 6.92 Å². The van der Waals surface area contributed by atoms with Crippen LogP contribution in [-0.2, 0) is 0 Å². The van der Waals surface area contributed by atoms with Gasteiger partial charge in [0.15, 0.2) is 0 Å². The minimum atomic E-state index is -2.70. The molecular weight excluding hydrogens is 166 g/mol. The first kappa shape index (κ1) is 11.0. The lowest BCUT2D eigenvalue weighted by molar-refractivity contribution is 0.00608. The molecule has 0 aromatic heterocycles. The molecule has 0 heterocycles. The minimum Gasteiger partial charge on any atom is -0.202 e. The van der Waals surface area contributed by atoms with E-state index < -0.39 is 11.8 Å². The Labute approximate surface area is 72.1 Å². The lowest BCUT2D eigenvalue weighted by Crippen LogP contribution is -2.20. The van der Waals surface area contributed by atoms with Crippen molar-refractivity contribution in [3.63, 3.8) is 0 Å². The molecule has 0 radical (unpaired) electrons. The summed E-state index contributed by atoms with van der Waals surface area (Å²) in [5, 5.41) is -0.111. The number of alkyl halides is 2. The predicted molar refractivity (Wildman–Crippen MR) is 47.4 cm³/mol. The third-order valence-electron chi connectivity index (χ3n) is 1.37. The van der Waals surface area contributed by atoms with Gasteiger partial charge in [0.25, 0.3) is 5.92 Å². The Morgan fingerprint density at radius 2 is 1.73 bits per heavy atom. The molecule has 0 rings (SSSR count). The highest BCUT2D eigenvalue weighted by Gasteiger charge is 2.29. The largest absolute Gasteiger partial charge is 0.268 e. The summed E-state index contributed by atoms with van der Waals surface area (Å²) in [6.45, 7) is 4.73. The van der Waals surface area contributed by atoms with Crippen LogP contribution in [-0.4, -0.2) is 11.2 Å². The van der Waals surface area contributed by atoms with Crippen LogP contribution in [0.2, 0.25) is 0 Å². The number of thiol groups is 1. The summed E-state index contributed by atoms with van der Waals surface area (Å²) in [6.07, 6.45) is 2.33. The predicted octanol–water partition coefficient (Wildman–Crippen LogP) is 3.15. The zero-order chi connectivity index (χ0) is 9.07. The maximum absolute atomic E-state index is 12.8. The van der Waals surface area contributed by atoms with Gasteiger partial charge in [-0.15, -0.1) is 0 Å². The van der Waals surface area contributed by atoms with Crippen molar-refractivity contribution in [2.45, 2.75) is 31.9 Å². The fraction of sp³-hybridized carbons (Fsp3) is 0.750. The van der Waals surface area contributed by atoms with Gasteiger partial charge >= 0.3 is 0 Å². The van der Waals surface area contributed by atoms with E-state index in [9.17, 15) is 8.78 Å². The molecule has 0 aliphatic rings. The van der Waals surface area contributed by atoms with Gasteiger partial charge in [-0.3, -0.25) is 0 Å². The molecule has 0 aliphatic carbocycles. The van der Waals surface area contributed by atoms with E-state index in [-0.39, 0.29) is 5.25 Å². The second kappa shape index (κ2) is 4.10. The maximum Gasteiger partial charge on any atom is 0.268 e. The Hall–Kier alpha value is -0.0500. The highest BCUT2D eigenvalue weighted by atomic mass is 32.1. The Balaban J connectivity index is 4.11. The quantitative estimate of drug-likeness (QED) is 0.500. The summed E-state index contributed by atoms with van der Waals surface area (Å²) in [5.41, 5.74) is 0. The van der Waals surface area contributed by atoms with Gasteiger partial charge in [-0.05, 0) is 6.08 Å². The van der Waals surface area contributed by atoms with Crippen molar-refractivity contribution in [2.75, 3.05) is 0 Å². The third kappa shape index (κ3) is 4.40. The summed E-state index contributed by atoms with van der Waals surface area (Å²) in [5.74, 6) is -3.34. The molecule has 0 nitrogen and oxygen atoms in total. The van der Waals surface area contributed by atoms with Crippen LogP contribution in [0.15, 0.2) is 12.2 Å². The molecule has 3 heteroatoms. The Morgan fingerprint density at radius 3 is 2.00 bits per heavy atom. The number of allylic oxidation sites excluding steroid dienone is 1. The Kier molecular flexibility index (Phi) is 4.08. The summed E-state index contributed by atoms with van der Waals surface area (Å²) in [7, 11) is 0. The van der Waals surface area contributed by atoms with Gasteiger partial charge in [0, 0.05) is 11.2 Å². The molecule has 0 saturated heterocycles. The van der Waals surface area contributed by atoms with Crippen molar-refractivity contribution in [1.82, 2.24) is 0 Å². The highest BCUT2D eigenvalue weighted by Crippen LogP contribution is 2.25. The van der Waals surface area contributed by atoms with E-state index in [4.69, 9.17) is 0 Å². The molecule has 0 aliphatic heterocycles. The molecule has 0 saturated carbocycles. The molecule has 0 N–H and O–H groups in total. The molecule has 0 aromatic rings. The van der Waals surface area contributed by atoms with Gasteiger partial charge in [-0.25, -0.2) is 8.78 Å². The maximum atomic E-state index is 12.8. The first-order chi connectivity index (χ1) is 4.86. The summed E-state index contributed by atoms with van der Waals surface area (Å²) in [4.78, 5) is 0.